The van der Waals surface area contributed by atoms with Gasteiger partial charge in [0.1, 0.15) is 0 Å². The number of aliphatic carboxylic acids is 1. The normalized spacial score (nSPS) is 15.5. The molecule has 144 valence electrons. The highest BCUT2D eigenvalue weighted by Gasteiger charge is 2.02. The molecule has 0 heterocycles. The fourth-order valence-corrected chi connectivity index (χ4v) is 1.90. The van der Waals surface area contributed by atoms with Gasteiger partial charge >= 0.3 is 5.97 Å². The van der Waals surface area contributed by atoms with E-state index in [-0.39, 0.29) is 12.8 Å². The molecular weight excluding hydrogens is 328 g/mol. The van der Waals surface area contributed by atoms with Gasteiger partial charge in [-0.1, -0.05) is 79.8 Å². The molecule has 0 fully saturated rings. The Morgan fingerprint density at radius 3 is 1.92 bits per heavy atom. The molecule has 0 aromatic rings. The molecule has 0 aliphatic heterocycles. The molecular formula is C22H32O4. The molecule has 0 saturated carbocycles. The van der Waals surface area contributed by atoms with Crippen molar-refractivity contribution in [1.82, 2.24) is 0 Å². The Morgan fingerprint density at radius 2 is 1.38 bits per heavy atom. The second-order valence-corrected chi connectivity index (χ2v) is 5.75. The first kappa shape index (κ1) is 23.8. The van der Waals surface area contributed by atoms with Gasteiger partial charge in [-0.2, -0.15) is 0 Å². The number of aliphatic hydroxyl groups excluding tert-OH is 2. The van der Waals surface area contributed by atoms with Gasteiger partial charge in [0, 0.05) is 6.42 Å². The zero-order valence-electron chi connectivity index (χ0n) is 15.6. The van der Waals surface area contributed by atoms with Crippen molar-refractivity contribution in [3.63, 3.8) is 0 Å². The maximum Gasteiger partial charge on any atom is 0.303 e. The van der Waals surface area contributed by atoms with Crippen molar-refractivity contribution in [3.8, 4) is 0 Å². The number of carboxylic acids is 1. The molecule has 0 amide bonds. The van der Waals surface area contributed by atoms with Crippen molar-refractivity contribution in [1.29, 1.82) is 0 Å². The Morgan fingerprint density at radius 1 is 0.808 bits per heavy atom. The molecule has 4 nitrogen and oxygen atoms in total. The lowest BCUT2D eigenvalue weighted by Crippen LogP contribution is -2.05. The number of hydrogen-bond acceptors (Lipinski definition) is 3. The summed E-state index contributed by atoms with van der Waals surface area (Å²) in [5.74, 6) is -0.900. The van der Waals surface area contributed by atoms with Crippen LogP contribution in [0.3, 0.4) is 0 Å². The van der Waals surface area contributed by atoms with E-state index < -0.39 is 18.2 Å². The summed E-state index contributed by atoms with van der Waals surface area (Å²) < 4.78 is 0. The van der Waals surface area contributed by atoms with E-state index in [1.165, 1.54) is 0 Å². The van der Waals surface area contributed by atoms with Gasteiger partial charge in [-0.15, -0.1) is 0 Å². The summed E-state index contributed by atoms with van der Waals surface area (Å²) >= 11 is 0. The zero-order chi connectivity index (χ0) is 19.5. The van der Waals surface area contributed by atoms with E-state index in [0.717, 1.165) is 19.3 Å². The van der Waals surface area contributed by atoms with Crippen molar-refractivity contribution >= 4 is 5.97 Å². The summed E-state index contributed by atoms with van der Waals surface area (Å²) in [6.45, 7) is 2.07. The predicted octanol–water partition coefficient (Wildman–Crippen LogP) is 4.49. The second-order valence-electron chi connectivity index (χ2n) is 5.75. The summed E-state index contributed by atoms with van der Waals surface area (Å²) in [6.07, 6.45) is 25.1. The third-order valence-corrected chi connectivity index (χ3v) is 3.31. The van der Waals surface area contributed by atoms with Crippen LogP contribution >= 0.6 is 0 Å². The third kappa shape index (κ3) is 18.2. The van der Waals surface area contributed by atoms with E-state index in [2.05, 4.69) is 13.0 Å². The highest BCUT2D eigenvalue weighted by molar-refractivity contribution is 5.66. The zero-order valence-corrected chi connectivity index (χ0v) is 15.6. The van der Waals surface area contributed by atoms with Gasteiger partial charge in [0.25, 0.3) is 0 Å². The Bertz CT molecular complexity index is 524. The smallest absolute Gasteiger partial charge is 0.303 e. The van der Waals surface area contributed by atoms with E-state index in [4.69, 9.17) is 5.11 Å². The number of hydrogen-bond donors (Lipinski definition) is 3. The van der Waals surface area contributed by atoms with Crippen LogP contribution in [0.15, 0.2) is 72.9 Å². The highest BCUT2D eigenvalue weighted by Crippen LogP contribution is 2.00. The first-order chi connectivity index (χ1) is 12.6. The SMILES string of the molecule is CC/C=C\C[C@@H](O)/C=C/C=C\C/C=C\C/C=C\C=C\[C@@H](O)CCC(=O)O. The first-order valence-electron chi connectivity index (χ1n) is 9.10. The van der Waals surface area contributed by atoms with Crippen LogP contribution in [0.2, 0.25) is 0 Å². The maximum atomic E-state index is 10.4. The molecule has 0 unspecified atom stereocenters. The number of carboxylic acid groups (broad SMARTS) is 1. The topological polar surface area (TPSA) is 77.8 Å². The van der Waals surface area contributed by atoms with Gasteiger partial charge in [0.05, 0.1) is 12.2 Å². The minimum Gasteiger partial charge on any atom is -0.481 e. The molecule has 0 radical (unpaired) electrons. The van der Waals surface area contributed by atoms with Crippen LogP contribution in [-0.4, -0.2) is 33.5 Å². The Balaban J connectivity index is 3.80. The van der Waals surface area contributed by atoms with E-state index in [1.807, 2.05) is 48.6 Å². The van der Waals surface area contributed by atoms with Crippen LogP contribution in [0.5, 0.6) is 0 Å². The third-order valence-electron chi connectivity index (χ3n) is 3.31. The fourth-order valence-electron chi connectivity index (χ4n) is 1.90. The predicted molar refractivity (Wildman–Crippen MR) is 108 cm³/mol. The van der Waals surface area contributed by atoms with Gasteiger partial charge in [0.2, 0.25) is 0 Å². The van der Waals surface area contributed by atoms with Gasteiger partial charge < -0.3 is 15.3 Å². The standard InChI is InChI=1S/C22H32O4/c1-2-3-12-15-20(23)16-13-10-8-6-4-5-7-9-11-14-17-21(24)18-19-22(25)26/h3-5,8-14,16-17,20-21,23-24H,2,6-7,15,18-19H2,1H3,(H,25,26)/b5-4-,10-8-,11-9-,12-3-,16-13+,17-14+/t20-,21-/m1/s1. The summed E-state index contributed by atoms with van der Waals surface area (Å²) in [5.41, 5.74) is 0. The Hall–Kier alpha value is -2.17. The largest absolute Gasteiger partial charge is 0.481 e. The molecule has 0 aliphatic carbocycles. The Labute approximate surface area is 157 Å². The van der Waals surface area contributed by atoms with Crippen molar-refractivity contribution in [2.24, 2.45) is 0 Å². The Kier molecular flexibility index (Phi) is 16.2. The summed E-state index contributed by atoms with van der Waals surface area (Å²) in [4.78, 5) is 10.4. The van der Waals surface area contributed by atoms with Crippen molar-refractivity contribution < 1.29 is 20.1 Å². The van der Waals surface area contributed by atoms with Gasteiger partial charge in [-0.25, -0.2) is 0 Å². The first-order valence-corrected chi connectivity index (χ1v) is 9.10. The van der Waals surface area contributed by atoms with Crippen LogP contribution < -0.4 is 0 Å². The number of aliphatic hydroxyl groups is 2. The molecule has 0 spiro atoms. The minimum atomic E-state index is -0.900. The lowest BCUT2D eigenvalue weighted by molar-refractivity contribution is -0.137. The van der Waals surface area contributed by atoms with Gasteiger partial charge in [0.15, 0.2) is 0 Å². The molecule has 0 aromatic heterocycles. The quantitative estimate of drug-likeness (QED) is 0.315. The molecule has 0 aliphatic rings. The summed E-state index contributed by atoms with van der Waals surface area (Å²) in [5, 5.41) is 27.7. The van der Waals surface area contributed by atoms with E-state index in [1.54, 1.807) is 18.2 Å². The molecule has 0 aromatic carbocycles. The molecule has 4 heteroatoms. The average molecular weight is 360 g/mol. The van der Waals surface area contributed by atoms with E-state index in [9.17, 15) is 15.0 Å². The van der Waals surface area contributed by atoms with Gasteiger partial charge in [-0.05, 0) is 32.1 Å². The number of allylic oxidation sites excluding steroid dienone is 9. The number of rotatable bonds is 14. The van der Waals surface area contributed by atoms with E-state index >= 15 is 0 Å². The molecule has 26 heavy (non-hydrogen) atoms. The van der Waals surface area contributed by atoms with Crippen LogP contribution in [0.4, 0.5) is 0 Å². The van der Waals surface area contributed by atoms with Crippen LogP contribution in [-0.2, 0) is 4.79 Å². The molecule has 0 bridgehead atoms. The summed E-state index contributed by atoms with van der Waals surface area (Å²) in [6, 6.07) is 0. The van der Waals surface area contributed by atoms with E-state index in [0.29, 0.717) is 6.42 Å². The van der Waals surface area contributed by atoms with Crippen molar-refractivity contribution in [2.75, 3.05) is 0 Å². The molecule has 0 rings (SSSR count). The fraction of sp³-hybridized carbons (Fsp3) is 0.409. The molecule has 0 saturated heterocycles. The van der Waals surface area contributed by atoms with Crippen molar-refractivity contribution in [2.45, 2.75) is 57.7 Å². The van der Waals surface area contributed by atoms with Gasteiger partial charge in [-0.3, -0.25) is 4.79 Å². The monoisotopic (exact) mass is 360 g/mol. The number of carbonyl (C=O) groups is 1. The average Bonchev–Trinajstić information content (AvgIpc) is 2.61. The molecule has 3 N–H and O–H groups in total. The lowest BCUT2D eigenvalue weighted by atomic mass is 10.2. The van der Waals surface area contributed by atoms with Crippen LogP contribution in [0, 0.1) is 0 Å². The summed E-state index contributed by atoms with van der Waals surface area (Å²) in [7, 11) is 0. The molecule has 2 atom stereocenters. The lowest BCUT2D eigenvalue weighted by Gasteiger charge is -2.00. The van der Waals surface area contributed by atoms with Crippen LogP contribution in [0.25, 0.3) is 0 Å². The highest BCUT2D eigenvalue weighted by atomic mass is 16.4. The maximum absolute atomic E-state index is 10.4. The van der Waals surface area contributed by atoms with Crippen LogP contribution in [0.1, 0.15) is 45.4 Å². The second kappa shape index (κ2) is 17.6. The minimum absolute atomic E-state index is 0.0322. The van der Waals surface area contributed by atoms with Crippen molar-refractivity contribution in [3.05, 3.63) is 72.9 Å².